The number of carbonyl (C=O) groups is 1. The summed E-state index contributed by atoms with van der Waals surface area (Å²) in [6.07, 6.45) is -0.285. The van der Waals surface area contributed by atoms with Gasteiger partial charge in [-0.15, -0.1) is 0 Å². The van der Waals surface area contributed by atoms with E-state index in [0.29, 0.717) is 5.56 Å². The fraction of sp³-hybridized carbons (Fsp3) is 0.0556. The molecule has 0 aromatic heterocycles. The number of halogens is 2. The molecule has 3 aromatic carbocycles. The second-order valence-corrected chi connectivity index (χ2v) is 4.83. The summed E-state index contributed by atoms with van der Waals surface area (Å²) in [5.41, 5.74) is 0.297. The van der Waals surface area contributed by atoms with Gasteiger partial charge in [0, 0.05) is 17.5 Å². The van der Waals surface area contributed by atoms with Crippen molar-refractivity contribution in [2.45, 2.75) is 6.42 Å². The van der Waals surface area contributed by atoms with Gasteiger partial charge in [0.1, 0.15) is 11.6 Å². The van der Waals surface area contributed by atoms with E-state index in [-0.39, 0.29) is 17.8 Å². The smallest absolute Gasteiger partial charge is 0.168 e. The van der Waals surface area contributed by atoms with E-state index < -0.39 is 11.6 Å². The monoisotopic (exact) mass is 282 g/mol. The number of carbonyl (C=O) groups excluding carboxylic acids is 1. The van der Waals surface area contributed by atoms with Crippen LogP contribution >= 0.6 is 0 Å². The Hall–Kier alpha value is -2.55. The predicted molar refractivity (Wildman–Crippen MR) is 78.3 cm³/mol. The van der Waals surface area contributed by atoms with E-state index in [1.165, 1.54) is 6.07 Å². The topological polar surface area (TPSA) is 17.1 Å². The molecule has 0 aliphatic heterocycles. The molecule has 0 saturated heterocycles. The van der Waals surface area contributed by atoms with Crippen LogP contribution in [0.4, 0.5) is 8.78 Å². The molecule has 0 heterocycles. The predicted octanol–water partition coefficient (Wildman–Crippen LogP) is 4.54. The van der Waals surface area contributed by atoms with Gasteiger partial charge in [0.05, 0.1) is 0 Å². The van der Waals surface area contributed by atoms with Gasteiger partial charge in [-0.1, -0.05) is 48.5 Å². The summed E-state index contributed by atoms with van der Waals surface area (Å²) in [6.45, 7) is 0. The highest BCUT2D eigenvalue weighted by Gasteiger charge is 2.16. The summed E-state index contributed by atoms with van der Waals surface area (Å²) in [5, 5.41) is 1.72. The van der Waals surface area contributed by atoms with Crippen LogP contribution in [-0.2, 0) is 6.42 Å². The maximum atomic E-state index is 13.6. The number of ketones is 1. The molecule has 3 rings (SSSR count). The number of fused-ring (bicyclic) bond motifs is 1. The van der Waals surface area contributed by atoms with E-state index in [9.17, 15) is 13.6 Å². The molecule has 3 aromatic rings. The number of rotatable bonds is 3. The number of hydrogen-bond donors (Lipinski definition) is 0. The largest absolute Gasteiger partial charge is 0.294 e. The van der Waals surface area contributed by atoms with Crippen LogP contribution in [0, 0.1) is 11.6 Å². The zero-order chi connectivity index (χ0) is 14.8. The van der Waals surface area contributed by atoms with Gasteiger partial charge in [0.25, 0.3) is 0 Å². The lowest BCUT2D eigenvalue weighted by Crippen LogP contribution is -2.07. The second kappa shape index (κ2) is 5.44. The Bertz CT molecular complexity index is 799. The Morgan fingerprint density at radius 2 is 1.43 bits per heavy atom. The zero-order valence-corrected chi connectivity index (χ0v) is 11.1. The number of Topliss-reactive ketones (excluding diaryl/α,β-unsaturated/α-hetero) is 1. The Labute approximate surface area is 120 Å². The van der Waals surface area contributed by atoms with Crippen molar-refractivity contribution in [2.75, 3.05) is 0 Å². The van der Waals surface area contributed by atoms with Gasteiger partial charge in [-0.25, -0.2) is 8.78 Å². The van der Waals surface area contributed by atoms with E-state index in [1.807, 2.05) is 30.3 Å². The fourth-order valence-corrected chi connectivity index (χ4v) is 2.43. The van der Waals surface area contributed by atoms with Gasteiger partial charge in [-0.05, 0) is 22.9 Å². The molecule has 0 aliphatic rings. The van der Waals surface area contributed by atoms with Crippen LogP contribution < -0.4 is 0 Å². The summed E-state index contributed by atoms with van der Waals surface area (Å²) in [7, 11) is 0. The van der Waals surface area contributed by atoms with Crippen molar-refractivity contribution < 1.29 is 13.6 Å². The normalized spacial score (nSPS) is 10.8. The van der Waals surface area contributed by atoms with Gasteiger partial charge in [0.15, 0.2) is 5.78 Å². The molecule has 0 atom stereocenters. The van der Waals surface area contributed by atoms with Gasteiger partial charge in [-0.3, -0.25) is 4.79 Å². The summed E-state index contributed by atoms with van der Waals surface area (Å²) < 4.78 is 27.3. The van der Waals surface area contributed by atoms with Crippen molar-refractivity contribution in [1.29, 1.82) is 0 Å². The Kier molecular flexibility index (Phi) is 3.48. The van der Waals surface area contributed by atoms with Crippen molar-refractivity contribution in [3.05, 3.63) is 83.4 Å². The lowest BCUT2D eigenvalue weighted by molar-refractivity contribution is 0.0992. The van der Waals surface area contributed by atoms with Gasteiger partial charge >= 0.3 is 0 Å². The molecule has 0 fully saturated rings. The summed E-state index contributed by atoms with van der Waals surface area (Å²) in [5.74, 6) is -1.68. The molecule has 0 N–H and O–H groups in total. The number of benzene rings is 3. The molecule has 0 spiro atoms. The van der Waals surface area contributed by atoms with E-state index >= 15 is 0 Å². The average Bonchev–Trinajstić information content (AvgIpc) is 2.50. The van der Waals surface area contributed by atoms with E-state index in [2.05, 4.69) is 0 Å². The molecule has 1 nitrogen and oxygen atoms in total. The highest BCUT2D eigenvalue weighted by molar-refractivity contribution is 6.08. The van der Waals surface area contributed by atoms with Crippen molar-refractivity contribution in [3.8, 4) is 0 Å². The molecule has 0 bridgehead atoms. The van der Waals surface area contributed by atoms with Gasteiger partial charge in [0.2, 0.25) is 0 Å². The van der Waals surface area contributed by atoms with E-state index in [0.717, 1.165) is 22.9 Å². The Morgan fingerprint density at radius 1 is 0.810 bits per heavy atom. The van der Waals surface area contributed by atoms with Crippen LogP contribution in [0.3, 0.4) is 0 Å². The average molecular weight is 282 g/mol. The van der Waals surface area contributed by atoms with Crippen LogP contribution in [0.1, 0.15) is 15.9 Å². The highest BCUT2D eigenvalue weighted by Crippen LogP contribution is 2.21. The van der Waals surface area contributed by atoms with Crippen LogP contribution in [0.2, 0.25) is 0 Å². The van der Waals surface area contributed by atoms with Crippen molar-refractivity contribution >= 4 is 16.6 Å². The van der Waals surface area contributed by atoms with Crippen LogP contribution in [0.15, 0.2) is 60.7 Å². The van der Waals surface area contributed by atoms with Crippen LogP contribution in [0.25, 0.3) is 10.8 Å². The first kappa shape index (κ1) is 13.4. The first-order valence-corrected chi connectivity index (χ1v) is 6.60. The van der Waals surface area contributed by atoms with Gasteiger partial charge < -0.3 is 0 Å². The minimum atomic E-state index is -0.691. The quantitative estimate of drug-likeness (QED) is 0.644. The molecular weight excluding hydrogens is 270 g/mol. The van der Waals surface area contributed by atoms with Crippen LogP contribution in [0.5, 0.6) is 0 Å². The molecule has 0 saturated carbocycles. The second-order valence-electron chi connectivity index (χ2n) is 4.83. The molecule has 21 heavy (non-hydrogen) atoms. The summed E-state index contributed by atoms with van der Waals surface area (Å²) in [4.78, 5) is 12.4. The Morgan fingerprint density at radius 3 is 2.19 bits per heavy atom. The van der Waals surface area contributed by atoms with E-state index in [4.69, 9.17) is 0 Å². The first-order chi connectivity index (χ1) is 10.2. The minimum Gasteiger partial charge on any atom is -0.294 e. The van der Waals surface area contributed by atoms with Crippen LogP contribution in [-0.4, -0.2) is 5.78 Å². The third kappa shape index (κ3) is 2.55. The molecular formula is C18H12F2O. The van der Waals surface area contributed by atoms with Crippen molar-refractivity contribution in [2.24, 2.45) is 0 Å². The Balaban J connectivity index is 2.02. The molecule has 0 radical (unpaired) electrons. The molecule has 0 aliphatic carbocycles. The third-order valence-electron chi connectivity index (χ3n) is 3.49. The molecule has 3 heteroatoms. The fourth-order valence-electron chi connectivity index (χ4n) is 2.43. The maximum Gasteiger partial charge on any atom is 0.168 e. The van der Waals surface area contributed by atoms with Crippen molar-refractivity contribution in [1.82, 2.24) is 0 Å². The standard InChI is InChI=1S/C18H12F2O/c19-16-9-4-10-17(20)15(16)11-18(21)14-8-3-6-12-5-1-2-7-13(12)14/h1-10H,11H2. The van der Waals surface area contributed by atoms with Gasteiger partial charge in [-0.2, -0.15) is 0 Å². The summed E-state index contributed by atoms with van der Waals surface area (Å²) >= 11 is 0. The maximum absolute atomic E-state index is 13.6. The van der Waals surface area contributed by atoms with E-state index in [1.54, 1.807) is 12.1 Å². The highest BCUT2D eigenvalue weighted by atomic mass is 19.1. The molecule has 0 amide bonds. The number of hydrogen-bond acceptors (Lipinski definition) is 1. The molecule has 0 unspecified atom stereocenters. The zero-order valence-electron chi connectivity index (χ0n) is 11.1. The minimum absolute atomic E-state index is 0.185. The lowest BCUT2D eigenvalue weighted by atomic mass is 9.97. The summed E-state index contributed by atoms with van der Waals surface area (Å²) in [6, 6.07) is 16.4. The SMILES string of the molecule is O=C(Cc1c(F)cccc1F)c1cccc2ccccc12. The molecule has 104 valence electrons. The third-order valence-corrected chi connectivity index (χ3v) is 3.49. The lowest BCUT2D eigenvalue weighted by Gasteiger charge is -2.07. The first-order valence-electron chi connectivity index (χ1n) is 6.60. The van der Waals surface area contributed by atoms with Crippen molar-refractivity contribution in [3.63, 3.8) is 0 Å².